The van der Waals surface area contributed by atoms with Crippen LogP contribution in [-0.4, -0.2) is 54.6 Å². The highest BCUT2D eigenvalue weighted by molar-refractivity contribution is 5.80. The highest BCUT2D eigenvalue weighted by atomic mass is 19.1. The van der Waals surface area contributed by atoms with Crippen LogP contribution in [0.15, 0.2) is 53.6 Å². The number of rotatable bonds is 7. The number of nitrogens with one attached hydrogen (secondary N) is 2. The SMILES string of the molecule is COc1ccc(Nc2nc(N/N=C/c3ccccc3F)nc(N3CCOCC3)n2)cc1. The van der Waals surface area contributed by atoms with Gasteiger partial charge in [0.15, 0.2) is 0 Å². The second-order valence-corrected chi connectivity index (χ2v) is 6.63. The van der Waals surface area contributed by atoms with E-state index in [1.165, 1.54) is 12.3 Å². The normalized spacial score (nSPS) is 13.9. The van der Waals surface area contributed by atoms with E-state index in [4.69, 9.17) is 9.47 Å². The van der Waals surface area contributed by atoms with Gasteiger partial charge in [0.25, 0.3) is 0 Å². The van der Waals surface area contributed by atoms with Crippen LogP contribution in [0.3, 0.4) is 0 Å². The van der Waals surface area contributed by atoms with E-state index >= 15 is 0 Å². The molecule has 160 valence electrons. The highest BCUT2D eigenvalue weighted by Gasteiger charge is 2.16. The number of nitrogens with zero attached hydrogens (tertiary/aromatic N) is 5. The molecule has 2 heterocycles. The molecule has 0 aliphatic carbocycles. The Labute approximate surface area is 179 Å². The largest absolute Gasteiger partial charge is 0.497 e. The van der Waals surface area contributed by atoms with Crippen molar-refractivity contribution in [3.63, 3.8) is 0 Å². The van der Waals surface area contributed by atoms with Crippen molar-refractivity contribution in [3.8, 4) is 5.75 Å². The molecule has 1 fully saturated rings. The van der Waals surface area contributed by atoms with Crippen LogP contribution < -0.4 is 20.4 Å². The summed E-state index contributed by atoms with van der Waals surface area (Å²) < 4.78 is 24.4. The minimum atomic E-state index is -0.362. The van der Waals surface area contributed by atoms with E-state index in [9.17, 15) is 4.39 Å². The van der Waals surface area contributed by atoms with Crippen molar-refractivity contribution < 1.29 is 13.9 Å². The van der Waals surface area contributed by atoms with Crippen LogP contribution in [0.5, 0.6) is 5.75 Å². The zero-order chi connectivity index (χ0) is 21.5. The van der Waals surface area contributed by atoms with Gasteiger partial charge in [0.05, 0.1) is 26.5 Å². The predicted molar refractivity (Wildman–Crippen MR) is 117 cm³/mol. The first-order valence-corrected chi connectivity index (χ1v) is 9.75. The summed E-state index contributed by atoms with van der Waals surface area (Å²) in [5.41, 5.74) is 3.91. The number of morpholine rings is 1. The molecule has 1 aliphatic heterocycles. The zero-order valence-corrected chi connectivity index (χ0v) is 17.0. The van der Waals surface area contributed by atoms with Gasteiger partial charge in [0.2, 0.25) is 17.8 Å². The molecule has 10 heteroatoms. The molecule has 2 N–H and O–H groups in total. The molecule has 1 saturated heterocycles. The van der Waals surface area contributed by atoms with Crippen molar-refractivity contribution in [1.29, 1.82) is 0 Å². The molecule has 9 nitrogen and oxygen atoms in total. The smallest absolute Gasteiger partial charge is 0.250 e. The first-order chi connectivity index (χ1) is 15.2. The molecular formula is C21H22FN7O2. The summed E-state index contributed by atoms with van der Waals surface area (Å²) in [5.74, 6) is 1.47. The summed E-state index contributed by atoms with van der Waals surface area (Å²) in [6, 6.07) is 13.8. The third-order valence-corrected chi connectivity index (χ3v) is 4.54. The lowest BCUT2D eigenvalue weighted by molar-refractivity contribution is 0.122. The summed E-state index contributed by atoms with van der Waals surface area (Å²) in [6.07, 6.45) is 1.38. The first-order valence-electron chi connectivity index (χ1n) is 9.75. The molecule has 1 aromatic heterocycles. The molecule has 0 saturated carbocycles. The molecule has 0 spiro atoms. The molecule has 0 amide bonds. The molecule has 31 heavy (non-hydrogen) atoms. The average Bonchev–Trinajstić information content (AvgIpc) is 2.81. The monoisotopic (exact) mass is 423 g/mol. The number of aromatic nitrogens is 3. The van der Waals surface area contributed by atoms with Crippen molar-refractivity contribution in [1.82, 2.24) is 15.0 Å². The fraction of sp³-hybridized carbons (Fsp3) is 0.238. The topological polar surface area (TPSA) is 96.8 Å². The first kappa shape index (κ1) is 20.5. The Morgan fingerprint density at radius 2 is 1.77 bits per heavy atom. The van der Waals surface area contributed by atoms with E-state index in [1.807, 2.05) is 29.2 Å². The van der Waals surface area contributed by atoms with Gasteiger partial charge < -0.3 is 19.7 Å². The van der Waals surface area contributed by atoms with E-state index in [0.717, 1.165) is 11.4 Å². The summed E-state index contributed by atoms with van der Waals surface area (Å²) in [4.78, 5) is 15.4. The molecule has 4 rings (SSSR count). The maximum atomic E-state index is 13.8. The predicted octanol–water partition coefficient (Wildman–Crippen LogP) is 3.05. The van der Waals surface area contributed by atoms with Crippen LogP contribution in [0.1, 0.15) is 5.56 Å². The Morgan fingerprint density at radius 1 is 1.03 bits per heavy atom. The highest BCUT2D eigenvalue weighted by Crippen LogP contribution is 2.21. The number of hydrazone groups is 1. The molecule has 0 unspecified atom stereocenters. The van der Waals surface area contributed by atoms with Crippen LogP contribution in [0.2, 0.25) is 0 Å². The van der Waals surface area contributed by atoms with Crippen LogP contribution in [0.4, 0.5) is 27.9 Å². The van der Waals surface area contributed by atoms with Gasteiger partial charge in [-0.05, 0) is 30.3 Å². The number of methoxy groups -OCH3 is 1. The van der Waals surface area contributed by atoms with Gasteiger partial charge in [0, 0.05) is 24.3 Å². The van der Waals surface area contributed by atoms with Crippen LogP contribution in [-0.2, 0) is 4.74 Å². The van der Waals surface area contributed by atoms with E-state index < -0.39 is 0 Å². The van der Waals surface area contributed by atoms with Crippen molar-refractivity contribution >= 4 is 29.7 Å². The van der Waals surface area contributed by atoms with Gasteiger partial charge in [-0.25, -0.2) is 9.82 Å². The molecule has 1 aliphatic rings. The van der Waals surface area contributed by atoms with E-state index in [0.29, 0.717) is 43.8 Å². The lowest BCUT2D eigenvalue weighted by Gasteiger charge is -2.27. The summed E-state index contributed by atoms with van der Waals surface area (Å²) in [5, 5.41) is 7.24. The number of hydrogen-bond acceptors (Lipinski definition) is 9. The maximum absolute atomic E-state index is 13.8. The Hall–Kier alpha value is -3.79. The van der Waals surface area contributed by atoms with Crippen molar-refractivity contribution in [2.75, 3.05) is 49.1 Å². The minimum absolute atomic E-state index is 0.236. The van der Waals surface area contributed by atoms with Gasteiger partial charge in [0.1, 0.15) is 11.6 Å². The Balaban J connectivity index is 1.56. The lowest BCUT2D eigenvalue weighted by Crippen LogP contribution is -2.37. The number of benzene rings is 2. The quantitative estimate of drug-likeness (QED) is 0.442. The van der Waals surface area contributed by atoms with Crippen molar-refractivity contribution in [3.05, 3.63) is 59.9 Å². The van der Waals surface area contributed by atoms with E-state index in [1.54, 1.807) is 25.3 Å². The molecule has 0 atom stereocenters. The van der Waals surface area contributed by atoms with Gasteiger partial charge in [-0.15, -0.1) is 0 Å². The standard InChI is InChI=1S/C21H22FN7O2/c1-30-17-8-6-16(7-9-17)24-19-25-20(27-21(26-19)29-10-12-31-13-11-29)28-23-14-15-4-2-3-5-18(15)22/h2-9,14H,10-13H2,1H3,(H2,24,25,26,27,28)/b23-14+. The molecule has 0 radical (unpaired) electrons. The molecule has 0 bridgehead atoms. The number of anilines is 4. The summed E-state index contributed by atoms with van der Waals surface area (Å²) in [6.45, 7) is 2.54. The Kier molecular flexibility index (Phi) is 6.48. The van der Waals surface area contributed by atoms with E-state index in [2.05, 4.69) is 30.8 Å². The maximum Gasteiger partial charge on any atom is 0.250 e. The summed E-state index contributed by atoms with van der Waals surface area (Å²) >= 11 is 0. The minimum Gasteiger partial charge on any atom is -0.497 e. The molecule has 3 aromatic rings. The van der Waals surface area contributed by atoms with Crippen molar-refractivity contribution in [2.45, 2.75) is 0 Å². The second-order valence-electron chi connectivity index (χ2n) is 6.63. The lowest BCUT2D eigenvalue weighted by atomic mass is 10.2. The second kappa shape index (κ2) is 9.81. The van der Waals surface area contributed by atoms with Crippen LogP contribution in [0, 0.1) is 5.82 Å². The third kappa shape index (κ3) is 5.43. The number of halogens is 1. The van der Waals surface area contributed by atoms with Crippen molar-refractivity contribution in [2.24, 2.45) is 5.10 Å². The zero-order valence-electron chi connectivity index (χ0n) is 17.0. The van der Waals surface area contributed by atoms with E-state index in [-0.39, 0.29) is 11.8 Å². The summed E-state index contributed by atoms with van der Waals surface area (Å²) in [7, 11) is 1.61. The third-order valence-electron chi connectivity index (χ3n) is 4.54. The molecule has 2 aromatic carbocycles. The van der Waals surface area contributed by atoms with Gasteiger partial charge in [-0.3, -0.25) is 0 Å². The number of hydrogen-bond donors (Lipinski definition) is 2. The van der Waals surface area contributed by atoms with Crippen LogP contribution in [0.25, 0.3) is 0 Å². The average molecular weight is 423 g/mol. The van der Waals surface area contributed by atoms with Gasteiger partial charge in [-0.1, -0.05) is 18.2 Å². The molecular weight excluding hydrogens is 401 g/mol. The fourth-order valence-electron chi connectivity index (χ4n) is 2.92. The van der Waals surface area contributed by atoms with Crippen LogP contribution >= 0.6 is 0 Å². The van der Waals surface area contributed by atoms with Gasteiger partial charge >= 0.3 is 0 Å². The Morgan fingerprint density at radius 3 is 2.52 bits per heavy atom. The fourth-order valence-corrected chi connectivity index (χ4v) is 2.92. The number of ether oxygens (including phenoxy) is 2. The Bertz CT molecular complexity index is 1040. The van der Waals surface area contributed by atoms with Gasteiger partial charge in [-0.2, -0.15) is 20.1 Å².